The Kier molecular flexibility index (Phi) is 3.75. The van der Waals surface area contributed by atoms with E-state index in [2.05, 4.69) is 0 Å². The van der Waals surface area contributed by atoms with Crippen molar-refractivity contribution in [1.82, 2.24) is 0 Å². The van der Waals surface area contributed by atoms with Crippen molar-refractivity contribution in [2.75, 3.05) is 12.9 Å². The van der Waals surface area contributed by atoms with Crippen molar-refractivity contribution in [3.05, 3.63) is 35.5 Å². The highest BCUT2D eigenvalue weighted by Crippen LogP contribution is 2.22. The van der Waals surface area contributed by atoms with Crippen molar-refractivity contribution in [3.63, 3.8) is 0 Å². The normalized spacial score (nSPS) is 10.8. The second-order valence-electron chi connectivity index (χ2n) is 2.82. The van der Waals surface area contributed by atoms with Crippen LogP contribution in [0.1, 0.15) is 12.5 Å². The molecule has 0 aromatic heterocycles. The second-order valence-corrected chi connectivity index (χ2v) is 3.70. The smallest absolute Gasteiger partial charge is 0.124 e. The number of rotatable bonds is 3. The van der Waals surface area contributed by atoms with Crippen molar-refractivity contribution < 1.29 is 9.50 Å². The average molecular weight is 199 g/mol. The lowest BCUT2D eigenvalue weighted by Crippen LogP contribution is -2.00. The molecule has 1 radical (unpaired) electrons. The van der Waals surface area contributed by atoms with Gasteiger partial charge in [0.05, 0.1) is 6.61 Å². The molecule has 0 bridgehead atoms. The van der Waals surface area contributed by atoms with Crippen molar-refractivity contribution in [2.24, 2.45) is 0 Å². The Hall–Kier alpha value is -0.540. The molecule has 71 valence electrons. The largest absolute Gasteiger partial charge is 0.395 e. The molecule has 0 aliphatic rings. The Morgan fingerprint density at radius 1 is 1.46 bits per heavy atom. The van der Waals surface area contributed by atoms with Crippen LogP contribution in [0.4, 0.5) is 4.39 Å². The van der Waals surface area contributed by atoms with Gasteiger partial charge in [-0.3, -0.25) is 0 Å². The van der Waals surface area contributed by atoms with E-state index < -0.39 is 0 Å². The summed E-state index contributed by atoms with van der Waals surface area (Å²) >= 11 is 1.49. The Morgan fingerprint density at radius 2 is 2.15 bits per heavy atom. The number of hydrogen-bond donors (Lipinski definition) is 1. The third-order valence-corrected chi connectivity index (χ3v) is 2.54. The van der Waals surface area contributed by atoms with Gasteiger partial charge in [0.1, 0.15) is 5.82 Å². The van der Waals surface area contributed by atoms with E-state index in [9.17, 15) is 4.39 Å². The first-order chi connectivity index (χ1) is 6.17. The van der Waals surface area contributed by atoms with Gasteiger partial charge in [-0.25, -0.2) is 4.39 Å². The minimum atomic E-state index is -0.255. The number of benzene rings is 1. The van der Waals surface area contributed by atoms with Gasteiger partial charge in [-0.15, -0.1) is 11.8 Å². The summed E-state index contributed by atoms with van der Waals surface area (Å²) in [4.78, 5) is 0.878. The van der Waals surface area contributed by atoms with Crippen LogP contribution in [0.15, 0.2) is 23.1 Å². The summed E-state index contributed by atoms with van der Waals surface area (Å²) in [5.74, 6) is 0.532. The van der Waals surface area contributed by atoms with E-state index in [1.165, 1.54) is 23.9 Å². The van der Waals surface area contributed by atoms with Crippen molar-refractivity contribution in [2.45, 2.75) is 11.8 Å². The Balaban J connectivity index is 3.01. The number of thioether (sulfide) groups is 1. The molecule has 1 aromatic carbocycles. The van der Waals surface area contributed by atoms with Crippen LogP contribution in [0.3, 0.4) is 0 Å². The third kappa shape index (κ3) is 2.71. The molecule has 1 rings (SSSR count). The maximum Gasteiger partial charge on any atom is 0.124 e. The molecule has 13 heavy (non-hydrogen) atoms. The van der Waals surface area contributed by atoms with Crippen LogP contribution in [0, 0.1) is 11.7 Å². The van der Waals surface area contributed by atoms with Gasteiger partial charge in [-0.05, 0) is 30.0 Å². The van der Waals surface area contributed by atoms with Crippen LogP contribution in [0.2, 0.25) is 0 Å². The van der Waals surface area contributed by atoms with Crippen LogP contribution < -0.4 is 0 Å². The molecule has 0 heterocycles. The summed E-state index contributed by atoms with van der Waals surface area (Å²) < 4.78 is 13.0. The fraction of sp³-hybridized carbons (Fsp3) is 0.300. The highest BCUT2D eigenvalue weighted by Gasteiger charge is 2.07. The third-order valence-electron chi connectivity index (χ3n) is 1.84. The van der Waals surface area contributed by atoms with E-state index >= 15 is 0 Å². The zero-order chi connectivity index (χ0) is 9.84. The number of aliphatic hydroxyl groups is 1. The van der Waals surface area contributed by atoms with Crippen LogP contribution in [-0.2, 0) is 0 Å². The summed E-state index contributed by atoms with van der Waals surface area (Å²) in [5.41, 5.74) is 0.770. The standard InChI is InChI=1S/C10H12FOS/c1-7(6-12)8-3-9(11)5-10(4-8)13-2/h3-5,12H,6H2,1-2H3. The zero-order valence-corrected chi connectivity index (χ0v) is 8.49. The molecule has 3 heteroatoms. The van der Waals surface area contributed by atoms with Crippen LogP contribution in [0.5, 0.6) is 0 Å². The summed E-state index contributed by atoms with van der Waals surface area (Å²) in [5, 5.41) is 8.88. The Morgan fingerprint density at radius 3 is 2.69 bits per heavy atom. The van der Waals surface area contributed by atoms with Crippen molar-refractivity contribution in [3.8, 4) is 0 Å². The predicted octanol–water partition coefficient (Wildman–Crippen LogP) is 2.48. The fourth-order valence-electron chi connectivity index (χ4n) is 1.02. The van der Waals surface area contributed by atoms with Gasteiger partial charge >= 0.3 is 0 Å². The molecule has 0 unspecified atom stereocenters. The van der Waals surface area contributed by atoms with E-state index in [1.807, 2.05) is 12.3 Å². The van der Waals surface area contributed by atoms with Gasteiger partial charge in [0.2, 0.25) is 0 Å². The molecule has 1 N–H and O–H groups in total. The van der Waals surface area contributed by atoms with Gasteiger partial charge in [0.15, 0.2) is 0 Å². The molecule has 0 fully saturated rings. The molecule has 0 atom stereocenters. The van der Waals surface area contributed by atoms with Crippen molar-refractivity contribution >= 4 is 11.8 Å². The lowest BCUT2D eigenvalue weighted by Gasteiger charge is -2.08. The molecule has 0 saturated heterocycles. The molecular formula is C10H12FOS. The first kappa shape index (κ1) is 10.5. The van der Waals surface area contributed by atoms with Gasteiger partial charge in [0.25, 0.3) is 0 Å². The summed E-state index contributed by atoms with van der Waals surface area (Å²) in [6, 6.07) is 4.80. The summed E-state index contributed by atoms with van der Waals surface area (Å²) in [7, 11) is 0. The van der Waals surface area contributed by atoms with Crippen molar-refractivity contribution in [1.29, 1.82) is 0 Å². The molecule has 0 aliphatic carbocycles. The molecule has 1 nitrogen and oxygen atoms in total. The topological polar surface area (TPSA) is 20.2 Å². The highest BCUT2D eigenvalue weighted by atomic mass is 32.2. The first-order valence-electron chi connectivity index (χ1n) is 3.95. The lowest BCUT2D eigenvalue weighted by molar-refractivity contribution is 0.314. The Labute approximate surface area is 82.0 Å². The molecule has 0 saturated carbocycles. The molecule has 0 amide bonds. The van der Waals surface area contributed by atoms with Crippen LogP contribution >= 0.6 is 11.8 Å². The first-order valence-corrected chi connectivity index (χ1v) is 5.18. The maximum atomic E-state index is 13.0. The van der Waals surface area contributed by atoms with Gasteiger partial charge < -0.3 is 5.11 Å². The second kappa shape index (κ2) is 4.63. The highest BCUT2D eigenvalue weighted by molar-refractivity contribution is 7.98. The summed E-state index contributed by atoms with van der Waals surface area (Å²) in [6.45, 7) is 1.76. The average Bonchev–Trinajstić information content (AvgIpc) is 2.15. The molecule has 1 aromatic rings. The number of aliphatic hydroxyl groups excluding tert-OH is 1. The van der Waals surface area contributed by atoms with Gasteiger partial charge in [0, 0.05) is 10.8 Å². The lowest BCUT2D eigenvalue weighted by atomic mass is 10.0. The fourth-order valence-corrected chi connectivity index (χ4v) is 1.49. The van der Waals surface area contributed by atoms with E-state index in [-0.39, 0.29) is 12.4 Å². The van der Waals surface area contributed by atoms with E-state index in [1.54, 1.807) is 6.92 Å². The predicted molar refractivity (Wildman–Crippen MR) is 53.3 cm³/mol. The molecule has 0 spiro atoms. The quantitative estimate of drug-likeness (QED) is 0.755. The number of halogens is 1. The van der Waals surface area contributed by atoms with Crippen LogP contribution in [-0.4, -0.2) is 18.0 Å². The zero-order valence-electron chi connectivity index (χ0n) is 7.67. The summed E-state index contributed by atoms with van der Waals surface area (Å²) in [6.07, 6.45) is 1.90. The van der Waals surface area contributed by atoms with Gasteiger partial charge in [-0.2, -0.15) is 0 Å². The van der Waals surface area contributed by atoms with Crippen LogP contribution in [0.25, 0.3) is 0 Å². The maximum absolute atomic E-state index is 13.0. The van der Waals surface area contributed by atoms with E-state index in [4.69, 9.17) is 5.11 Å². The SMILES string of the molecule is CSc1cc(F)cc([C](C)CO)c1. The monoisotopic (exact) mass is 199 g/mol. The molecule has 0 aliphatic heterocycles. The molecular weight excluding hydrogens is 187 g/mol. The van der Waals surface area contributed by atoms with E-state index in [0.29, 0.717) is 0 Å². The minimum Gasteiger partial charge on any atom is -0.395 e. The minimum absolute atomic E-state index is 0.0305. The van der Waals surface area contributed by atoms with Gasteiger partial charge in [-0.1, -0.05) is 6.92 Å². The Bertz CT molecular complexity index is 288. The van der Waals surface area contributed by atoms with E-state index in [0.717, 1.165) is 16.4 Å². The number of hydrogen-bond acceptors (Lipinski definition) is 2.